The van der Waals surface area contributed by atoms with Crippen LogP contribution in [0.15, 0.2) is 47.4 Å². The predicted molar refractivity (Wildman–Crippen MR) is 84.7 cm³/mol. The predicted octanol–water partition coefficient (Wildman–Crippen LogP) is 2.26. The van der Waals surface area contributed by atoms with E-state index in [0.717, 1.165) is 9.26 Å². The summed E-state index contributed by atoms with van der Waals surface area (Å²) in [4.78, 5) is -0.0687. The van der Waals surface area contributed by atoms with Gasteiger partial charge in [-0.05, 0) is 52.9 Å². The van der Waals surface area contributed by atoms with Crippen molar-refractivity contribution in [3.05, 3.63) is 46.0 Å². The average Bonchev–Trinajstić information content (AvgIpc) is 2.30. The van der Waals surface area contributed by atoms with Crippen molar-refractivity contribution < 1.29 is 8.42 Å². The topological polar surface area (TPSA) is 98.2 Å². The minimum Gasteiger partial charge on any atom is -0.398 e. The first kappa shape index (κ1) is 14.1. The van der Waals surface area contributed by atoms with Gasteiger partial charge < -0.3 is 11.1 Å². The highest BCUT2D eigenvalue weighted by molar-refractivity contribution is 14.1. The van der Waals surface area contributed by atoms with E-state index in [1.807, 2.05) is 24.3 Å². The maximum atomic E-state index is 11.3. The molecule has 0 heterocycles. The highest BCUT2D eigenvalue weighted by atomic mass is 127. The lowest BCUT2D eigenvalue weighted by Crippen LogP contribution is -2.14. The van der Waals surface area contributed by atoms with Crippen molar-refractivity contribution in [2.75, 3.05) is 11.1 Å². The summed E-state index contributed by atoms with van der Waals surface area (Å²) < 4.78 is 23.6. The van der Waals surface area contributed by atoms with Crippen LogP contribution >= 0.6 is 22.6 Å². The third kappa shape index (κ3) is 3.37. The summed E-state index contributed by atoms with van der Waals surface area (Å²) in [5.74, 6) is 0. The van der Waals surface area contributed by atoms with Crippen molar-refractivity contribution in [2.24, 2.45) is 5.14 Å². The minimum absolute atomic E-state index is 0.0687. The van der Waals surface area contributed by atoms with Gasteiger partial charge in [-0.1, -0.05) is 12.1 Å². The molecule has 0 aliphatic heterocycles. The van der Waals surface area contributed by atoms with E-state index >= 15 is 0 Å². The lowest BCUT2D eigenvalue weighted by molar-refractivity contribution is 0.598. The van der Waals surface area contributed by atoms with Gasteiger partial charge in [0.25, 0.3) is 0 Å². The second-order valence-corrected chi connectivity index (χ2v) is 6.59. The number of primary sulfonamides is 1. The molecule has 2 aromatic rings. The Bertz CT molecular complexity index is 717. The first-order valence-corrected chi connectivity index (χ1v) is 7.94. The SMILES string of the molecule is Nc1cc(Nc2ccccc2I)ccc1S(N)(=O)=O. The fraction of sp³-hybridized carbons (Fsp3) is 0. The van der Waals surface area contributed by atoms with Crippen molar-refractivity contribution in [1.82, 2.24) is 0 Å². The first-order valence-electron chi connectivity index (χ1n) is 5.32. The molecule has 2 rings (SSSR count). The molecule has 0 aliphatic carbocycles. The number of hydrogen-bond donors (Lipinski definition) is 3. The highest BCUT2D eigenvalue weighted by Crippen LogP contribution is 2.26. The molecule has 2 aromatic carbocycles. The van der Waals surface area contributed by atoms with Crippen LogP contribution in [-0.2, 0) is 10.0 Å². The number of sulfonamides is 1. The van der Waals surface area contributed by atoms with Gasteiger partial charge in [0, 0.05) is 9.26 Å². The van der Waals surface area contributed by atoms with Crippen molar-refractivity contribution >= 4 is 49.7 Å². The smallest absolute Gasteiger partial charge is 0.240 e. The van der Waals surface area contributed by atoms with Crippen LogP contribution < -0.4 is 16.2 Å². The van der Waals surface area contributed by atoms with E-state index in [1.54, 1.807) is 12.1 Å². The lowest BCUT2D eigenvalue weighted by atomic mass is 10.2. The van der Waals surface area contributed by atoms with Crippen LogP contribution in [0, 0.1) is 3.57 Å². The van der Waals surface area contributed by atoms with Gasteiger partial charge in [0.05, 0.1) is 11.4 Å². The largest absolute Gasteiger partial charge is 0.398 e. The fourth-order valence-electron chi connectivity index (χ4n) is 1.60. The van der Waals surface area contributed by atoms with Crippen LogP contribution in [-0.4, -0.2) is 8.42 Å². The van der Waals surface area contributed by atoms with E-state index < -0.39 is 10.0 Å². The van der Waals surface area contributed by atoms with Crippen LogP contribution in [0.5, 0.6) is 0 Å². The molecule has 0 fully saturated rings. The third-order valence-electron chi connectivity index (χ3n) is 2.47. The molecule has 0 aromatic heterocycles. The molecule has 0 saturated carbocycles. The molecule has 0 atom stereocenters. The molecule has 0 saturated heterocycles. The zero-order valence-electron chi connectivity index (χ0n) is 9.80. The van der Waals surface area contributed by atoms with E-state index in [1.165, 1.54) is 6.07 Å². The van der Waals surface area contributed by atoms with Crippen molar-refractivity contribution in [3.63, 3.8) is 0 Å². The maximum absolute atomic E-state index is 11.3. The Morgan fingerprint density at radius 3 is 2.37 bits per heavy atom. The summed E-state index contributed by atoms with van der Waals surface area (Å²) in [6.45, 7) is 0. The lowest BCUT2D eigenvalue weighted by Gasteiger charge is -2.10. The van der Waals surface area contributed by atoms with Gasteiger partial charge >= 0.3 is 0 Å². The standard InChI is InChI=1S/C12H12IN3O2S/c13-9-3-1-2-4-11(9)16-8-5-6-12(10(14)7-8)19(15,17)18/h1-7,16H,14H2,(H2,15,17,18). The monoisotopic (exact) mass is 389 g/mol. The molecule has 0 spiro atoms. The number of benzene rings is 2. The van der Waals surface area contributed by atoms with Gasteiger partial charge in [-0.15, -0.1) is 0 Å². The van der Waals surface area contributed by atoms with E-state index in [9.17, 15) is 8.42 Å². The normalized spacial score (nSPS) is 11.3. The van der Waals surface area contributed by atoms with E-state index in [2.05, 4.69) is 27.9 Å². The fourth-order valence-corrected chi connectivity index (χ4v) is 2.77. The maximum Gasteiger partial charge on any atom is 0.240 e. The molecule has 19 heavy (non-hydrogen) atoms. The van der Waals surface area contributed by atoms with Gasteiger partial charge in [0.15, 0.2) is 0 Å². The summed E-state index contributed by atoms with van der Waals surface area (Å²) in [6, 6.07) is 12.3. The number of rotatable bonds is 3. The van der Waals surface area contributed by atoms with Crippen LogP contribution in [0.1, 0.15) is 0 Å². The Labute approximate surface area is 125 Å². The molecule has 5 N–H and O–H groups in total. The highest BCUT2D eigenvalue weighted by Gasteiger charge is 2.12. The molecule has 0 unspecified atom stereocenters. The second kappa shape index (κ2) is 5.35. The van der Waals surface area contributed by atoms with Crippen LogP contribution in [0.4, 0.5) is 17.1 Å². The molecule has 7 heteroatoms. The summed E-state index contributed by atoms with van der Waals surface area (Å²) >= 11 is 2.21. The molecular weight excluding hydrogens is 377 g/mol. The Balaban J connectivity index is 2.34. The minimum atomic E-state index is -3.79. The second-order valence-electron chi connectivity index (χ2n) is 3.90. The Morgan fingerprint density at radius 1 is 1.11 bits per heavy atom. The molecule has 0 amide bonds. The summed E-state index contributed by atoms with van der Waals surface area (Å²) in [7, 11) is -3.79. The molecule has 0 aliphatic rings. The number of anilines is 3. The van der Waals surface area contributed by atoms with E-state index in [-0.39, 0.29) is 10.6 Å². The van der Waals surface area contributed by atoms with Gasteiger partial charge in [-0.25, -0.2) is 13.6 Å². The van der Waals surface area contributed by atoms with Crippen molar-refractivity contribution in [3.8, 4) is 0 Å². The number of nitrogens with two attached hydrogens (primary N) is 2. The van der Waals surface area contributed by atoms with Gasteiger partial charge in [-0.2, -0.15) is 0 Å². The molecular formula is C12H12IN3O2S. The Morgan fingerprint density at radius 2 is 1.79 bits per heavy atom. The van der Waals surface area contributed by atoms with Gasteiger partial charge in [0.2, 0.25) is 10.0 Å². The van der Waals surface area contributed by atoms with Gasteiger partial charge in [-0.3, -0.25) is 0 Å². The summed E-state index contributed by atoms with van der Waals surface area (Å²) in [6.07, 6.45) is 0. The van der Waals surface area contributed by atoms with Crippen LogP contribution in [0.2, 0.25) is 0 Å². The number of nitrogen functional groups attached to an aromatic ring is 1. The number of nitrogens with one attached hydrogen (secondary N) is 1. The number of para-hydroxylation sites is 1. The molecule has 0 radical (unpaired) electrons. The molecule has 100 valence electrons. The zero-order chi connectivity index (χ0) is 14.0. The summed E-state index contributed by atoms with van der Waals surface area (Å²) in [5, 5.41) is 8.22. The summed E-state index contributed by atoms with van der Waals surface area (Å²) in [5.41, 5.74) is 7.45. The number of hydrogen-bond acceptors (Lipinski definition) is 4. The van der Waals surface area contributed by atoms with Crippen molar-refractivity contribution in [1.29, 1.82) is 0 Å². The van der Waals surface area contributed by atoms with Crippen LogP contribution in [0.3, 0.4) is 0 Å². The van der Waals surface area contributed by atoms with Crippen molar-refractivity contribution in [2.45, 2.75) is 4.90 Å². The molecule has 5 nitrogen and oxygen atoms in total. The number of halogens is 1. The first-order chi connectivity index (χ1) is 8.88. The van der Waals surface area contributed by atoms with Gasteiger partial charge in [0.1, 0.15) is 4.90 Å². The van der Waals surface area contributed by atoms with Crippen LogP contribution in [0.25, 0.3) is 0 Å². The zero-order valence-corrected chi connectivity index (χ0v) is 12.8. The quantitative estimate of drug-likeness (QED) is 0.554. The average molecular weight is 389 g/mol. The molecule has 0 bridgehead atoms. The Hall–Kier alpha value is -1.32. The van der Waals surface area contributed by atoms with E-state index in [0.29, 0.717) is 5.69 Å². The Kier molecular flexibility index (Phi) is 3.97. The third-order valence-corrected chi connectivity index (χ3v) is 4.39. The van der Waals surface area contributed by atoms with E-state index in [4.69, 9.17) is 10.9 Å².